The summed E-state index contributed by atoms with van der Waals surface area (Å²) in [6.45, 7) is 6.30. The molecule has 0 radical (unpaired) electrons. The summed E-state index contributed by atoms with van der Waals surface area (Å²) in [7, 11) is 0. The molecule has 1 rings (SSSR count). The molecule has 12 N–H and O–H groups in total. The minimum atomic E-state index is -0.696. The Morgan fingerprint density at radius 3 is 1.88 bits per heavy atom. The zero-order valence-corrected chi connectivity index (χ0v) is 19.5. The van der Waals surface area contributed by atoms with E-state index in [0.717, 1.165) is 12.4 Å². The van der Waals surface area contributed by atoms with Crippen LogP contribution in [-0.4, -0.2) is 71.0 Å². The van der Waals surface area contributed by atoms with Crippen molar-refractivity contribution in [1.29, 1.82) is 0 Å². The number of nitrogens with one attached hydrogen (secondary N) is 2. The van der Waals surface area contributed by atoms with Crippen molar-refractivity contribution in [3.63, 3.8) is 0 Å². The molecule has 0 saturated carbocycles. The van der Waals surface area contributed by atoms with E-state index in [-0.39, 0.29) is 36.3 Å². The maximum Gasteiger partial charge on any atom is 0.407 e. The summed E-state index contributed by atoms with van der Waals surface area (Å²) in [5.74, 6) is -1.65. The molecule has 0 fully saturated rings. The van der Waals surface area contributed by atoms with Crippen LogP contribution in [0.5, 0.6) is 0 Å². The first-order valence-electron chi connectivity index (χ1n) is 10.2. The van der Waals surface area contributed by atoms with Gasteiger partial charge in [0.25, 0.3) is 11.8 Å². The second kappa shape index (κ2) is 14.9. The van der Waals surface area contributed by atoms with Gasteiger partial charge in [-0.2, -0.15) is 0 Å². The first-order valence-corrected chi connectivity index (χ1v) is 10.2. The van der Waals surface area contributed by atoms with Gasteiger partial charge in [-0.25, -0.2) is 14.8 Å². The number of nitrogens with zero attached hydrogens (tertiary/aromatic N) is 3. The lowest BCUT2D eigenvalue weighted by atomic mass is 10.1. The molecule has 0 bridgehead atoms. The number of carbonyl (C=O) groups is 4. The molecule has 4 amide bonds. The fourth-order valence-corrected chi connectivity index (χ4v) is 2.03. The van der Waals surface area contributed by atoms with Crippen molar-refractivity contribution < 1.29 is 23.9 Å². The zero-order chi connectivity index (χ0) is 26.3. The van der Waals surface area contributed by atoms with Crippen LogP contribution < -0.4 is 39.3 Å². The van der Waals surface area contributed by atoms with E-state index in [1.165, 1.54) is 0 Å². The lowest BCUT2D eigenvalue weighted by Crippen LogP contribution is -2.44. The minimum Gasteiger partial charge on any atom is -0.444 e. The van der Waals surface area contributed by atoms with E-state index in [2.05, 4.69) is 25.6 Å². The van der Waals surface area contributed by atoms with Gasteiger partial charge < -0.3 is 44.0 Å². The predicted octanol–water partition coefficient (Wildman–Crippen LogP) is -2.32. The maximum absolute atomic E-state index is 11.7. The van der Waals surface area contributed by atoms with E-state index >= 15 is 0 Å². The number of rotatable bonds is 10. The van der Waals surface area contributed by atoms with Crippen LogP contribution in [0.4, 0.5) is 4.79 Å². The lowest BCUT2D eigenvalue weighted by Gasteiger charge is -2.19. The normalized spacial score (nSPS) is 11.2. The summed E-state index contributed by atoms with van der Waals surface area (Å²) in [5.41, 5.74) is 25.3. The molecule has 15 heteroatoms. The third kappa shape index (κ3) is 14.9. The number of hydrogen-bond donors (Lipinski definition) is 7. The number of ether oxygens (including phenoxy) is 1. The molecule has 0 aliphatic carbocycles. The average Bonchev–Trinajstić information content (AvgIpc) is 2.73. The number of aromatic nitrogens is 2. The number of primary amides is 2. The summed E-state index contributed by atoms with van der Waals surface area (Å²) in [4.78, 5) is 54.9. The van der Waals surface area contributed by atoms with Crippen molar-refractivity contribution in [2.45, 2.75) is 45.3 Å². The van der Waals surface area contributed by atoms with Crippen LogP contribution in [0.3, 0.4) is 0 Å². The van der Waals surface area contributed by atoms with Crippen LogP contribution in [0.2, 0.25) is 0 Å². The predicted molar refractivity (Wildman–Crippen MR) is 124 cm³/mol. The average molecular weight is 483 g/mol. The fourth-order valence-electron chi connectivity index (χ4n) is 2.03. The lowest BCUT2D eigenvalue weighted by molar-refractivity contribution is -0.122. The van der Waals surface area contributed by atoms with Crippen LogP contribution in [-0.2, 0) is 9.53 Å². The van der Waals surface area contributed by atoms with Crippen LogP contribution in [0.15, 0.2) is 17.4 Å². The van der Waals surface area contributed by atoms with Gasteiger partial charge in [-0.05, 0) is 33.6 Å². The molecule has 0 saturated heterocycles. The second-order valence-corrected chi connectivity index (χ2v) is 7.79. The van der Waals surface area contributed by atoms with E-state index in [1.807, 2.05) is 0 Å². The molecular formula is C19H34N10O5. The highest BCUT2D eigenvalue weighted by Gasteiger charge is 2.16. The minimum absolute atomic E-state index is 0.000000000000000222. The van der Waals surface area contributed by atoms with Crippen molar-refractivity contribution in [2.24, 2.45) is 33.7 Å². The number of aliphatic imine (C=N–C) groups is 1. The van der Waals surface area contributed by atoms with Crippen molar-refractivity contribution in [1.82, 2.24) is 20.6 Å². The Labute approximate surface area is 197 Å². The number of guanidine groups is 1. The summed E-state index contributed by atoms with van der Waals surface area (Å²) < 4.78 is 5.06. The zero-order valence-electron chi connectivity index (χ0n) is 19.5. The van der Waals surface area contributed by atoms with Gasteiger partial charge in [0.1, 0.15) is 17.0 Å². The number of amides is 4. The second-order valence-electron chi connectivity index (χ2n) is 7.79. The number of alkyl carbamates (subject to hydrolysis) is 1. The summed E-state index contributed by atoms with van der Waals surface area (Å²) in [6.07, 6.45) is 2.76. The highest BCUT2D eigenvalue weighted by molar-refractivity contribution is 5.92. The first-order chi connectivity index (χ1) is 15.7. The van der Waals surface area contributed by atoms with Gasteiger partial charge in [-0.1, -0.05) is 0 Å². The van der Waals surface area contributed by atoms with E-state index in [9.17, 15) is 19.2 Å². The summed E-state index contributed by atoms with van der Waals surface area (Å²) in [6, 6.07) is -0.629. The molecule has 0 unspecified atom stereocenters. The molecular weight excluding hydrogens is 448 g/mol. The number of nitrogens with two attached hydrogens (primary N) is 5. The van der Waals surface area contributed by atoms with Crippen LogP contribution in [0.25, 0.3) is 0 Å². The Morgan fingerprint density at radius 1 is 0.971 bits per heavy atom. The van der Waals surface area contributed by atoms with E-state index < -0.39 is 29.6 Å². The van der Waals surface area contributed by atoms with E-state index in [1.54, 1.807) is 20.8 Å². The molecule has 0 spiro atoms. The Hall–Kier alpha value is -4.01. The first kappa shape index (κ1) is 30.0. The van der Waals surface area contributed by atoms with Crippen LogP contribution >= 0.6 is 0 Å². The third-order valence-electron chi connectivity index (χ3n) is 3.55. The quantitative estimate of drug-likeness (QED) is 0.106. The van der Waals surface area contributed by atoms with Gasteiger partial charge in [-0.3, -0.25) is 19.4 Å². The summed E-state index contributed by atoms with van der Waals surface area (Å²) in [5, 5.41) is 5.17. The standard InChI is InChI=1S/C13H28N6O3.C6H6N4O2/c1-13(2,3)22-12(21)19-8-7-17-10(20)9(14)5-4-6-18-11(15)16;7-5(11)3-1-9-4(2-10-3)6(8)12/h9H,4-8,14H2,1-3H3,(H,17,20)(H,19,21)(H4,15,16,18);1-2H,(H2,7,11)(H2,8,12)/t9-;/m0./s1. The Kier molecular flexibility index (Phi) is 13.2. The highest BCUT2D eigenvalue weighted by Crippen LogP contribution is 2.06. The van der Waals surface area contributed by atoms with Gasteiger partial charge in [-0.15, -0.1) is 0 Å². The maximum atomic E-state index is 11.7. The molecule has 1 heterocycles. The van der Waals surface area contributed by atoms with Gasteiger partial charge >= 0.3 is 6.09 Å². The monoisotopic (exact) mass is 482 g/mol. The smallest absolute Gasteiger partial charge is 0.407 e. The molecule has 1 atom stereocenters. The Balaban J connectivity index is 0.000000757. The van der Waals surface area contributed by atoms with Crippen LogP contribution in [0, 0.1) is 0 Å². The molecule has 190 valence electrons. The Bertz CT molecular complexity index is 815. The fraction of sp³-hybridized carbons (Fsp3) is 0.526. The highest BCUT2D eigenvalue weighted by atomic mass is 16.6. The van der Waals surface area contributed by atoms with Crippen molar-refractivity contribution in [2.75, 3.05) is 19.6 Å². The third-order valence-corrected chi connectivity index (χ3v) is 3.55. The van der Waals surface area contributed by atoms with Crippen LogP contribution in [0.1, 0.15) is 54.6 Å². The Morgan fingerprint density at radius 2 is 1.47 bits per heavy atom. The molecule has 15 nitrogen and oxygen atoms in total. The van der Waals surface area contributed by atoms with Crippen molar-refractivity contribution in [3.8, 4) is 0 Å². The molecule has 34 heavy (non-hydrogen) atoms. The van der Waals surface area contributed by atoms with E-state index in [4.69, 9.17) is 33.4 Å². The molecule has 0 aliphatic rings. The largest absolute Gasteiger partial charge is 0.444 e. The topological polar surface area (TPSA) is 270 Å². The summed E-state index contributed by atoms with van der Waals surface area (Å²) >= 11 is 0. The van der Waals surface area contributed by atoms with Gasteiger partial charge in [0.15, 0.2) is 5.96 Å². The molecule has 1 aromatic rings. The van der Waals surface area contributed by atoms with Gasteiger partial charge in [0.05, 0.1) is 18.4 Å². The van der Waals surface area contributed by atoms with Crippen molar-refractivity contribution in [3.05, 3.63) is 23.8 Å². The molecule has 0 aliphatic heterocycles. The SMILES string of the molecule is CC(C)(C)OC(=O)NCCNC(=O)[C@@H](N)CCCN=C(N)N.NC(=O)c1cnc(C(N)=O)cn1. The van der Waals surface area contributed by atoms with Gasteiger partial charge in [0, 0.05) is 19.6 Å². The van der Waals surface area contributed by atoms with Crippen molar-refractivity contribution >= 4 is 29.8 Å². The molecule has 0 aromatic carbocycles. The molecule has 1 aromatic heterocycles. The van der Waals surface area contributed by atoms with E-state index in [0.29, 0.717) is 19.4 Å². The van der Waals surface area contributed by atoms with Gasteiger partial charge in [0.2, 0.25) is 5.91 Å². The number of carbonyl (C=O) groups excluding carboxylic acids is 4. The number of hydrogen-bond acceptors (Lipinski definition) is 9.